The average molecular weight is 885 g/mol. The van der Waals surface area contributed by atoms with Crippen molar-refractivity contribution in [2.24, 2.45) is 87.6 Å². The minimum absolute atomic E-state index is 0.00500. The molecule has 64 heavy (non-hydrogen) atoms. The van der Waals surface area contributed by atoms with Crippen LogP contribution in [0.5, 0.6) is 0 Å². The number of rotatable bonds is 12. The molecule has 0 heterocycles. The minimum Gasteiger partial charge on any atom is -0.481 e. The molecule has 8 heteroatoms. The van der Waals surface area contributed by atoms with Gasteiger partial charge < -0.3 is 20.4 Å². The van der Waals surface area contributed by atoms with Crippen LogP contribution in [0.1, 0.15) is 234 Å². The molecule has 16 aliphatic rings. The van der Waals surface area contributed by atoms with Gasteiger partial charge in [0.15, 0.2) is 0 Å². The average Bonchev–Trinajstić information content (AvgIpc) is 3.22. The van der Waals surface area contributed by atoms with Gasteiger partial charge in [-0.3, -0.25) is 19.2 Å². The first-order valence-electron chi connectivity index (χ1n) is 26.9. The van der Waals surface area contributed by atoms with E-state index in [0.29, 0.717) is 11.8 Å². The second kappa shape index (κ2) is 12.9. The van der Waals surface area contributed by atoms with Crippen molar-refractivity contribution in [1.82, 2.24) is 0 Å². The molecule has 16 fully saturated rings. The van der Waals surface area contributed by atoms with Gasteiger partial charge in [-0.2, -0.15) is 0 Å². The van der Waals surface area contributed by atoms with Crippen LogP contribution in [0.2, 0.25) is 0 Å². The summed E-state index contributed by atoms with van der Waals surface area (Å²) in [6, 6.07) is 0. The van der Waals surface area contributed by atoms with Crippen LogP contribution in [-0.2, 0) is 19.2 Å². The van der Waals surface area contributed by atoms with E-state index >= 15 is 0 Å². The Morgan fingerprint density at radius 2 is 0.547 bits per heavy atom. The lowest BCUT2D eigenvalue weighted by molar-refractivity contribution is -0.304. The summed E-state index contributed by atoms with van der Waals surface area (Å²) in [5, 5.41) is 42.3. The van der Waals surface area contributed by atoms with Gasteiger partial charge in [0, 0.05) is 0 Å². The van der Waals surface area contributed by atoms with Gasteiger partial charge in [-0.1, -0.05) is 80.1 Å². The molecule has 0 spiro atoms. The van der Waals surface area contributed by atoms with E-state index in [1.54, 1.807) is 0 Å². The Labute approximate surface area is 384 Å². The number of aliphatic carboxylic acids is 4. The van der Waals surface area contributed by atoms with Crippen LogP contribution in [-0.4, -0.2) is 44.3 Å². The van der Waals surface area contributed by atoms with Gasteiger partial charge >= 0.3 is 23.9 Å². The first kappa shape index (κ1) is 44.4. The third-order valence-corrected chi connectivity index (χ3v) is 25.5. The summed E-state index contributed by atoms with van der Waals surface area (Å²) in [4.78, 5) is 51.5. The maximum absolute atomic E-state index is 13.1. The molecule has 16 bridgehead atoms. The van der Waals surface area contributed by atoms with E-state index in [-0.39, 0.29) is 54.1 Å². The fraction of sp³-hybridized carbons (Fsp3) is 0.929. The fourth-order valence-corrected chi connectivity index (χ4v) is 24.9. The minimum atomic E-state index is -0.598. The van der Waals surface area contributed by atoms with Gasteiger partial charge in [0.1, 0.15) is 0 Å². The molecule has 8 unspecified atom stereocenters. The van der Waals surface area contributed by atoms with Gasteiger partial charge in [-0.15, -0.1) is 0 Å². The molecule has 356 valence electrons. The molecule has 16 rings (SSSR count). The molecule has 16 saturated carbocycles. The zero-order chi connectivity index (χ0) is 45.7. The highest BCUT2D eigenvalue weighted by Crippen LogP contribution is 2.87. The number of carbonyl (C=O) groups is 4. The van der Waals surface area contributed by atoms with Gasteiger partial charge in [-0.25, -0.2) is 0 Å². The molecule has 0 aromatic heterocycles. The molecule has 16 aliphatic carbocycles. The zero-order valence-electron chi connectivity index (χ0n) is 40.8. The SMILES string of the molecule is CCC12CC3(CC)CC(C(=O)O)(C1)CC(C14CC5(CC)CC(CC)(CC(C(=O)O)(C5)C1)C4)(C2)C3.CCC12CC3(CC)CC(C(=O)O)(C1)CC(C14CC5CC(CC(C(=O)O)(C5)C1)C4)(C2)C3. The first-order chi connectivity index (χ1) is 29.9. The molecular formula is C56H84O8. The third-order valence-electron chi connectivity index (χ3n) is 25.5. The molecule has 4 N–H and O–H groups in total. The van der Waals surface area contributed by atoms with Gasteiger partial charge in [0.05, 0.1) is 21.7 Å². The van der Waals surface area contributed by atoms with E-state index < -0.39 is 45.5 Å². The lowest BCUT2D eigenvalue weighted by atomic mass is 9.24. The predicted octanol–water partition coefficient (Wildman–Crippen LogP) is 13.3. The largest absolute Gasteiger partial charge is 0.481 e. The lowest BCUT2D eigenvalue weighted by Gasteiger charge is -2.79. The van der Waals surface area contributed by atoms with Crippen molar-refractivity contribution >= 4 is 23.9 Å². The van der Waals surface area contributed by atoms with Crippen LogP contribution in [0.3, 0.4) is 0 Å². The highest BCUT2D eigenvalue weighted by Gasteiger charge is 2.80. The van der Waals surface area contributed by atoms with Crippen LogP contribution in [0, 0.1) is 87.6 Å². The molecule has 8 atom stereocenters. The summed E-state index contributed by atoms with van der Waals surface area (Å²) in [7, 11) is 0. The molecule has 0 amide bonds. The van der Waals surface area contributed by atoms with Gasteiger partial charge in [0.2, 0.25) is 0 Å². The Kier molecular flexibility index (Phi) is 8.98. The van der Waals surface area contributed by atoms with E-state index in [4.69, 9.17) is 0 Å². The molecule has 0 aromatic carbocycles. The van der Waals surface area contributed by atoms with Crippen molar-refractivity contribution < 1.29 is 39.6 Å². The maximum Gasteiger partial charge on any atom is 0.309 e. The van der Waals surface area contributed by atoms with Gasteiger partial charge in [-0.05, 0) is 220 Å². The smallest absolute Gasteiger partial charge is 0.309 e. The summed E-state index contributed by atoms with van der Waals surface area (Å²) in [5.41, 5.74) is -1.37. The summed E-state index contributed by atoms with van der Waals surface area (Å²) in [5.74, 6) is -1.13. The van der Waals surface area contributed by atoms with Crippen molar-refractivity contribution in [3.05, 3.63) is 0 Å². The number of hydrogen-bond acceptors (Lipinski definition) is 4. The van der Waals surface area contributed by atoms with Crippen LogP contribution in [0.15, 0.2) is 0 Å². The fourth-order valence-electron chi connectivity index (χ4n) is 24.9. The maximum atomic E-state index is 13.1. The Morgan fingerprint density at radius 3 is 0.781 bits per heavy atom. The van der Waals surface area contributed by atoms with Crippen molar-refractivity contribution in [2.75, 3.05) is 0 Å². The Bertz CT molecular complexity index is 1910. The zero-order valence-corrected chi connectivity index (χ0v) is 40.8. The normalized spacial score (nSPS) is 57.2. The topological polar surface area (TPSA) is 149 Å². The molecule has 0 saturated heterocycles. The number of hydrogen-bond donors (Lipinski definition) is 4. The molecule has 0 aliphatic heterocycles. The molecule has 0 aromatic rings. The van der Waals surface area contributed by atoms with Crippen LogP contribution >= 0.6 is 0 Å². The second-order valence-electron chi connectivity index (χ2n) is 28.7. The van der Waals surface area contributed by atoms with Crippen molar-refractivity contribution in [2.45, 2.75) is 234 Å². The Balaban J connectivity index is 0.000000144. The van der Waals surface area contributed by atoms with E-state index in [2.05, 4.69) is 41.5 Å². The van der Waals surface area contributed by atoms with E-state index in [0.717, 1.165) is 141 Å². The quantitative estimate of drug-likeness (QED) is 0.151. The van der Waals surface area contributed by atoms with Crippen molar-refractivity contribution in [3.63, 3.8) is 0 Å². The third kappa shape index (κ3) is 5.41. The van der Waals surface area contributed by atoms with Crippen LogP contribution in [0.25, 0.3) is 0 Å². The van der Waals surface area contributed by atoms with E-state index in [1.807, 2.05) is 0 Å². The highest BCUT2D eigenvalue weighted by molar-refractivity contribution is 5.78. The Morgan fingerprint density at radius 1 is 0.312 bits per heavy atom. The van der Waals surface area contributed by atoms with Gasteiger partial charge in [0.25, 0.3) is 0 Å². The van der Waals surface area contributed by atoms with Crippen LogP contribution in [0.4, 0.5) is 0 Å². The highest BCUT2D eigenvalue weighted by atomic mass is 16.4. The summed E-state index contributed by atoms with van der Waals surface area (Å²) >= 11 is 0. The molecular weight excluding hydrogens is 801 g/mol. The summed E-state index contributed by atoms with van der Waals surface area (Å²) in [6.07, 6.45) is 30.8. The molecule has 8 nitrogen and oxygen atoms in total. The first-order valence-corrected chi connectivity index (χ1v) is 26.9. The van der Waals surface area contributed by atoms with E-state index in [9.17, 15) is 39.6 Å². The predicted molar refractivity (Wildman–Crippen MR) is 244 cm³/mol. The standard InChI is InChI=1S/C30H46O4.C26H38O4/c1-5-23-9-24(6-2)12-27(11-23,21(31)32)19-29(15-23,16-24)30-17-25(7-3)10-26(8-4,18-30)14-28(13-25,20-30)22(33)34;1-3-21-10-22(4-2)12-24(11-21,20(29)30)16-26(13-21,14-22)25-8-17-5-18(9-25)7-23(6-17,15-25)19(27)28/h5-20H2,1-4H3,(H,31,32)(H,33,34);17-18H,3-16H2,1-2H3,(H,27,28)(H,29,30). The lowest BCUT2D eigenvalue weighted by Crippen LogP contribution is -2.72. The second-order valence-corrected chi connectivity index (χ2v) is 28.7. The van der Waals surface area contributed by atoms with E-state index in [1.165, 1.54) is 51.4 Å². The Hall–Kier alpha value is -2.12. The summed E-state index contributed by atoms with van der Waals surface area (Å²) < 4.78 is 0. The monoisotopic (exact) mass is 885 g/mol. The van der Waals surface area contributed by atoms with Crippen molar-refractivity contribution in [3.8, 4) is 0 Å². The molecule has 0 radical (unpaired) electrons. The number of carboxylic acids is 4. The van der Waals surface area contributed by atoms with Crippen molar-refractivity contribution in [1.29, 1.82) is 0 Å². The summed E-state index contributed by atoms with van der Waals surface area (Å²) in [6.45, 7) is 13.8. The number of carboxylic acid groups (broad SMARTS) is 4. The van der Waals surface area contributed by atoms with Crippen LogP contribution < -0.4 is 0 Å².